The molecule has 0 unspecified atom stereocenters. The number of benzene rings is 1. The molecule has 0 saturated heterocycles. The Morgan fingerprint density at radius 1 is 1.13 bits per heavy atom. The van der Waals surface area contributed by atoms with E-state index in [1.807, 2.05) is 31.2 Å². The standard InChI is InChI=1S/C19H16N2O2/c1-12-3-5-14(6-4-12)7-8-17(22)18-13(2)15-11-20-10-9-16(15)21-19(18)23/h3-11H,1-2H3,(H,21,23). The van der Waals surface area contributed by atoms with Gasteiger partial charge in [0, 0.05) is 17.8 Å². The van der Waals surface area contributed by atoms with Gasteiger partial charge in [-0.15, -0.1) is 0 Å². The Morgan fingerprint density at radius 2 is 1.87 bits per heavy atom. The zero-order chi connectivity index (χ0) is 16.4. The van der Waals surface area contributed by atoms with Gasteiger partial charge in [-0.25, -0.2) is 0 Å². The third kappa shape index (κ3) is 2.97. The van der Waals surface area contributed by atoms with Crippen molar-refractivity contribution in [3.8, 4) is 0 Å². The van der Waals surface area contributed by atoms with E-state index in [-0.39, 0.29) is 16.9 Å². The average molecular weight is 304 g/mol. The highest BCUT2D eigenvalue weighted by Gasteiger charge is 2.14. The molecule has 4 nitrogen and oxygen atoms in total. The number of H-pyrrole nitrogens is 1. The fraction of sp³-hybridized carbons (Fsp3) is 0.105. The Morgan fingerprint density at radius 3 is 2.61 bits per heavy atom. The second-order valence-electron chi connectivity index (χ2n) is 5.48. The molecule has 0 aliphatic carbocycles. The molecule has 0 bridgehead atoms. The largest absolute Gasteiger partial charge is 0.321 e. The van der Waals surface area contributed by atoms with E-state index in [0.29, 0.717) is 11.1 Å². The lowest BCUT2D eigenvalue weighted by atomic mass is 10.0. The molecular formula is C19H16N2O2. The topological polar surface area (TPSA) is 62.8 Å². The number of rotatable bonds is 3. The molecule has 0 spiro atoms. The molecule has 0 amide bonds. The van der Waals surface area contributed by atoms with Crippen molar-refractivity contribution in [2.24, 2.45) is 0 Å². The fourth-order valence-electron chi connectivity index (χ4n) is 2.52. The summed E-state index contributed by atoms with van der Waals surface area (Å²) >= 11 is 0. The van der Waals surface area contributed by atoms with Crippen LogP contribution >= 0.6 is 0 Å². The molecule has 114 valence electrons. The highest BCUT2D eigenvalue weighted by Crippen LogP contribution is 2.16. The summed E-state index contributed by atoms with van der Waals surface area (Å²) in [7, 11) is 0. The quantitative estimate of drug-likeness (QED) is 0.595. The SMILES string of the molecule is Cc1ccc(C=CC(=O)c2c(C)c3cnccc3[nH]c2=O)cc1. The molecule has 23 heavy (non-hydrogen) atoms. The van der Waals surface area contributed by atoms with Gasteiger partial charge in [0.1, 0.15) is 0 Å². The second kappa shape index (κ2) is 6.01. The van der Waals surface area contributed by atoms with Crippen molar-refractivity contribution in [1.82, 2.24) is 9.97 Å². The fourth-order valence-corrected chi connectivity index (χ4v) is 2.52. The maximum atomic E-state index is 12.4. The minimum absolute atomic E-state index is 0.161. The summed E-state index contributed by atoms with van der Waals surface area (Å²) in [5.74, 6) is -0.310. The Balaban J connectivity index is 2.01. The number of nitrogens with one attached hydrogen (secondary N) is 1. The summed E-state index contributed by atoms with van der Waals surface area (Å²) < 4.78 is 0. The lowest BCUT2D eigenvalue weighted by molar-refractivity contribution is 0.104. The zero-order valence-electron chi connectivity index (χ0n) is 13.0. The van der Waals surface area contributed by atoms with Crippen LogP contribution in [0.15, 0.2) is 53.6 Å². The van der Waals surface area contributed by atoms with Gasteiger partial charge in [-0.1, -0.05) is 35.9 Å². The molecule has 3 rings (SSSR count). The van der Waals surface area contributed by atoms with Crippen LogP contribution in [0.3, 0.4) is 0 Å². The van der Waals surface area contributed by atoms with Crippen LogP contribution in [0.4, 0.5) is 0 Å². The molecule has 1 N–H and O–H groups in total. The van der Waals surface area contributed by atoms with E-state index in [9.17, 15) is 9.59 Å². The van der Waals surface area contributed by atoms with Crippen LogP contribution in [-0.2, 0) is 0 Å². The van der Waals surface area contributed by atoms with Crippen molar-refractivity contribution >= 4 is 22.8 Å². The number of hydrogen-bond acceptors (Lipinski definition) is 3. The number of aromatic nitrogens is 2. The first-order valence-electron chi connectivity index (χ1n) is 7.32. The van der Waals surface area contributed by atoms with E-state index in [1.54, 1.807) is 31.5 Å². The Labute approximate surface area is 133 Å². The number of carbonyl (C=O) groups is 1. The number of aromatic amines is 1. The lowest BCUT2D eigenvalue weighted by Gasteiger charge is -2.05. The molecule has 0 aliphatic rings. The minimum Gasteiger partial charge on any atom is -0.321 e. The molecule has 0 radical (unpaired) electrons. The van der Waals surface area contributed by atoms with Crippen molar-refractivity contribution in [2.75, 3.05) is 0 Å². The van der Waals surface area contributed by atoms with Crippen molar-refractivity contribution in [3.63, 3.8) is 0 Å². The van der Waals surface area contributed by atoms with Crippen molar-refractivity contribution < 1.29 is 4.79 Å². The minimum atomic E-state index is -0.375. The van der Waals surface area contributed by atoms with Crippen molar-refractivity contribution in [2.45, 2.75) is 13.8 Å². The van der Waals surface area contributed by atoms with E-state index in [2.05, 4.69) is 9.97 Å². The Bertz CT molecular complexity index is 967. The van der Waals surface area contributed by atoms with E-state index >= 15 is 0 Å². The van der Waals surface area contributed by atoms with E-state index in [0.717, 1.165) is 16.5 Å². The molecule has 0 saturated carbocycles. The monoisotopic (exact) mass is 304 g/mol. The second-order valence-corrected chi connectivity index (χ2v) is 5.48. The molecule has 2 aromatic heterocycles. The van der Waals surface area contributed by atoms with Crippen LogP contribution < -0.4 is 5.56 Å². The van der Waals surface area contributed by atoms with Crippen LogP contribution in [0, 0.1) is 13.8 Å². The third-order valence-electron chi connectivity index (χ3n) is 3.83. The van der Waals surface area contributed by atoms with Gasteiger partial charge in [-0.3, -0.25) is 14.6 Å². The van der Waals surface area contributed by atoms with Gasteiger partial charge in [0.2, 0.25) is 0 Å². The molecule has 2 heterocycles. The first kappa shape index (κ1) is 14.9. The molecule has 4 heteroatoms. The number of ketones is 1. The Hall–Kier alpha value is -3.01. The van der Waals surface area contributed by atoms with Gasteiger partial charge in [0.05, 0.1) is 11.1 Å². The molecular weight excluding hydrogens is 288 g/mol. The summed E-state index contributed by atoms with van der Waals surface area (Å²) in [5.41, 5.74) is 3.19. The Kier molecular flexibility index (Phi) is 3.89. The molecule has 0 fully saturated rings. The van der Waals surface area contributed by atoms with Crippen LogP contribution in [0.1, 0.15) is 27.0 Å². The number of carbonyl (C=O) groups excluding carboxylic acids is 1. The first-order valence-corrected chi connectivity index (χ1v) is 7.32. The smallest absolute Gasteiger partial charge is 0.259 e. The van der Waals surface area contributed by atoms with Crippen molar-refractivity contribution in [3.05, 3.63) is 81.4 Å². The number of hydrogen-bond donors (Lipinski definition) is 1. The van der Waals surface area contributed by atoms with Gasteiger partial charge in [0.15, 0.2) is 5.78 Å². The van der Waals surface area contributed by atoms with Crippen LogP contribution in [0.2, 0.25) is 0 Å². The lowest BCUT2D eigenvalue weighted by Crippen LogP contribution is -2.18. The first-order chi connectivity index (χ1) is 11.1. The molecule has 0 atom stereocenters. The van der Waals surface area contributed by atoms with E-state index in [4.69, 9.17) is 0 Å². The highest BCUT2D eigenvalue weighted by atomic mass is 16.1. The van der Waals surface area contributed by atoms with Gasteiger partial charge in [-0.05, 0) is 37.1 Å². The maximum absolute atomic E-state index is 12.4. The number of nitrogens with zero attached hydrogens (tertiary/aromatic N) is 1. The highest BCUT2D eigenvalue weighted by molar-refractivity contribution is 6.09. The predicted octanol–water partition coefficient (Wildman–Crippen LogP) is 3.44. The van der Waals surface area contributed by atoms with Crippen LogP contribution in [0.25, 0.3) is 17.0 Å². The van der Waals surface area contributed by atoms with Gasteiger partial charge in [-0.2, -0.15) is 0 Å². The maximum Gasteiger partial charge on any atom is 0.259 e. The number of pyridine rings is 2. The number of allylic oxidation sites excluding steroid dienone is 1. The number of aryl methyl sites for hydroxylation is 2. The number of fused-ring (bicyclic) bond motifs is 1. The third-order valence-corrected chi connectivity index (χ3v) is 3.83. The summed E-state index contributed by atoms with van der Waals surface area (Å²) in [5, 5.41) is 0.777. The summed E-state index contributed by atoms with van der Waals surface area (Å²) in [6.07, 6.45) is 6.41. The molecule has 1 aromatic carbocycles. The van der Waals surface area contributed by atoms with Gasteiger partial charge >= 0.3 is 0 Å². The zero-order valence-corrected chi connectivity index (χ0v) is 13.0. The van der Waals surface area contributed by atoms with Crippen LogP contribution in [0.5, 0.6) is 0 Å². The summed E-state index contributed by atoms with van der Waals surface area (Å²) in [4.78, 5) is 31.5. The summed E-state index contributed by atoms with van der Waals surface area (Å²) in [6.45, 7) is 3.77. The van der Waals surface area contributed by atoms with Crippen molar-refractivity contribution in [1.29, 1.82) is 0 Å². The summed E-state index contributed by atoms with van der Waals surface area (Å²) in [6, 6.07) is 9.54. The normalized spacial score (nSPS) is 11.2. The molecule has 0 aliphatic heterocycles. The predicted molar refractivity (Wildman–Crippen MR) is 91.6 cm³/mol. The van der Waals surface area contributed by atoms with E-state index < -0.39 is 0 Å². The molecule has 3 aromatic rings. The van der Waals surface area contributed by atoms with E-state index in [1.165, 1.54) is 6.08 Å². The van der Waals surface area contributed by atoms with Crippen LogP contribution in [-0.4, -0.2) is 15.8 Å². The van der Waals surface area contributed by atoms with Gasteiger partial charge in [0.25, 0.3) is 5.56 Å². The van der Waals surface area contributed by atoms with Gasteiger partial charge < -0.3 is 4.98 Å². The average Bonchev–Trinajstić information content (AvgIpc) is 2.54.